The van der Waals surface area contributed by atoms with Crippen LogP contribution < -0.4 is 4.74 Å². The molecule has 0 aliphatic carbocycles. The van der Waals surface area contributed by atoms with Gasteiger partial charge in [-0.1, -0.05) is 18.2 Å². The number of likely N-dealkylation sites (tertiary alicyclic amines) is 1. The number of carboxylic acids is 1. The van der Waals surface area contributed by atoms with Gasteiger partial charge >= 0.3 is 5.97 Å². The van der Waals surface area contributed by atoms with Gasteiger partial charge in [-0.3, -0.25) is 4.79 Å². The number of aliphatic carboxylic acids is 1. The van der Waals surface area contributed by atoms with Crippen LogP contribution in [0.5, 0.6) is 5.75 Å². The van der Waals surface area contributed by atoms with Crippen LogP contribution in [0.4, 0.5) is 0 Å². The van der Waals surface area contributed by atoms with E-state index in [0.29, 0.717) is 18.7 Å². The summed E-state index contributed by atoms with van der Waals surface area (Å²) in [6.45, 7) is 0.492. The summed E-state index contributed by atoms with van der Waals surface area (Å²) in [7, 11) is 1.56. The SMILES string of the molecule is COc1ccccc1/C=C\C(=O)N1CCC[C@H]1C(=O)O. The predicted octanol–water partition coefficient (Wildman–Crippen LogP) is 1.78. The van der Waals surface area contributed by atoms with Gasteiger partial charge in [-0.15, -0.1) is 0 Å². The van der Waals surface area contributed by atoms with Crippen molar-refractivity contribution in [2.75, 3.05) is 13.7 Å². The van der Waals surface area contributed by atoms with Crippen molar-refractivity contribution in [3.63, 3.8) is 0 Å². The number of benzene rings is 1. The summed E-state index contributed by atoms with van der Waals surface area (Å²) in [5, 5.41) is 9.06. The van der Waals surface area contributed by atoms with Crippen LogP contribution >= 0.6 is 0 Å². The fraction of sp³-hybridized carbons (Fsp3) is 0.333. The number of amides is 1. The lowest BCUT2D eigenvalue weighted by molar-refractivity contribution is -0.146. The van der Waals surface area contributed by atoms with E-state index in [2.05, 4.69) is 0 Å². The second-order valence-electron chi connectivity index (χ2n) is 4.60. The Morgan fingerprint density at radius 1 is 1.40 bits per heavy atom. The summed E-state index contributed by atoms with van der Waals surface area (Å²) in [5.41, 5.74) is 0.787. The highest BCUT2D eigenvalue weighted by Gasteiger charge is 2.32. The predicted molar refractivity (Wildman–Crippen MR) is 74.4 cm³/mol. The summed E-state index contributed by atoms with van der Waals surface area (Å²) >= 11 is 0. The minimum atomic E-state index is -0.943. The molecule has 0 radical (unpaired) electrons. The average molecular weight is 275 g/mol. The van der Waals surface area contributed by atoms with Gasteiger partial charge in [0, 0.05) is 18.2 Å². The fourth-order valence-electron chi connectivity index (χ4n) is 2.35. The van der Waals surface area contributed by atoms with Crippen LogP contribution in [0.2, 0.25) is 0 Å². The maximum Gasteiger partial charge on any atom is 0.326 e. The van der Waals surface area contributed by atoms with Crippen LogP contribution in [-0.4, -0.2) is 41.6 Å². The lowest BCUT2D eigenvalue weighted by atomic mass is 10.2. The smallest absolute Gasteiger partial charge is 0.326 e. The van der Waals surface area contributed by atoms with E-state index >= 15 is 0 Å². The summed E-state index contributed by atoms with van der Waals surface area (Å²) in [5.74, 6) is -0.546. The molecule has 0 unspecified atom stereocenters. The van der Waals surface area contributed by atoms with Crippen molar-refractivity contribution < 1.29 is 19.4 Å². The van der Waals surface area contributed by atoms with Gasteiger partial charge in [0.25, 0.3) is 0 Å². The van der Waals surface area contributed by atoms with Gasteiger partial charge in [-0.25, -0.2) is 4.79 Å². The van der Waals surface area contributed by atoms with Crippen molar-refractivity contribution in [1.82, 2.24) is 4.90 Å². The molecule has 20 heavy (non-hydrogen) atoms. The van der Waals surface area contributed by atoms with Crippen LogP contribution in [0, 0.1) is 0 Å². The van der Waals surface area contributed by atoms with Crippen molar-refractivity contribution in [2.24, 2.45) is 0 Å². The Bertz CT molecular complexity index is 538. The van der Waals surface area contributed by atoms with Gasteiger partial charge in [-0.2, -0.15) is 0 Å². The van der Waals surface area contributed by atoms with Gasteiger partial charge in [0.15, 0.2) is 0 Å². The highest BCUT2D eigenvalue weighted by molar-refractivity contribution is 5.95. The Kier molecular flexibility index (Phi) is 4.40. The third kappa shape index (κ3) is 2.99. The first-order chi connectivity index (χ1) is 9.63. The quantitative estimate of drug-likeness (QED) is 0.851. The number of hydrogen-bond acceptors (Lipinski definition) is 3. The lowest BCUT2D eigenvalue weighted by Crippen LogP contribution is -2.39. The Labute approximate surface area is 117 Å². The first kappa shape index (κ1) is 14.1. The van der Waals surface area contributed by atoms with E-state index in [1.807, 2.05) is 18.2 Å². The topological polar surface area (TPSA) is 66.8 Å². The van der Waals surface area contributed by atoms with Gasteiger partial charge in [0.05, 0.1) is 7.11 Å². The van der Waals surface area contributed by atoms with E-state index in [1.165, 1.54) is 11.0 Å². The molecule has 1 aliphatic heterocycles. The summed E-state index contributed by atoms with van der Waals surface area (Å²) in [6.07, 6.45) is 4.30. The second kappa shape index (κ2) is 6.23. The van der Waals surface area contributed by atoms with Crippen LogP contribution in [-0.2, 0) is 9.59 Å². The zero-order valence-electron chi connectivity index (χ0n) is 11.3. The Balaban J connectivity index is 2.11. The molecule has 0 aromatic heterocycles. The third-order valence-electron chi connectivity index (χ3n) is 3.37. The monoisotopic (exact) mass is 275 g/mol. The number of para-hydroxylation sites is 1. The number of carbonyl (C=O) groups excluding carboxylic acids is 1. The number of methoxy groups -OCH3 is 1. The van der Waals surface area contributed by atoms with Gasteiger partial charge in [0.1, 0.15) is 11.8 Å². The number of nitrogens with zero attached hydrogens (tertiary/aromatic N) is 1. The zero-order valence-corrected chi connectivity index (χ0v) is 11.3. The standard InChI is InChI=1S/C15H17NO4/c1-20-13-7-3-2-5-11(13)8-9-14(17)16-10-4-6-12(16)15(18)19/h2-3,5,7-9,12H,4,6,10H2,1H3,(H,18,19)/b9-8-/t12-/m0/s1. The maximum atomic E-state index is 12.1. The number of carbonyl (C=O) groups is 2. The van der Waals surface area contributed by atoms with Crippen LogP contribution in [0.3, 0.4) is 0 Å². The van der Waals surface area contributed by atoms with Crippen LogP contribution in [0.15, 0.2) is 30.3 Å². The molecule has 0 bridgehead atoms. The highest BCUT2D eigenvalue weighted by Crippen LogP contribution is 2.21. The largest absolute Gasteiger partial charge is 0.496 e. The summed E-state index contributed by atoms with van der Waals surface area (Å²) in [6, 6.07) is 6.63. The summed E-state index contributed by atoms with van der Waals surface area (Å²) in [4.78, 5) is 24.5. The molecule has 1 amide bonds. The molecular formula is C15H17NO4. The van der Waals surface area contributed by atoms with E-state index in [9.17, 15) is 9.59 Å². The minimum absolute atomic E-state index is 0.277. The molecule has 5 nitrogen and oxygen atoms in total. The average Bonchev–Trinajstić information content (AvgIpc) is 2.94. The number of hydrogen-bond donors (Lipinski definition) is 1. The van der Waals surface area contributed by atoms with Crippen molar-refractivity contribution >= 4 is 18.0 Å². The molecular weight excluding hydrogens is 258 g/mol. The van der Waals surface area contributed by atoms with Crippen molar-refractivity contribution in [2.45, 2.75) is 18.9 Å². The molecule has 106 valence electrons. The van der Waals surface area contributed by atoms with Gasteiger partial charge in [-0.05, 0) is 25.0 Å². The molecule has 2 rings (SSSR count). The normalized spacial score (nSPS) is 18.4. The van der Waals surface area contributed by atoms with E-state index in [1.54, 1.807) is 19.3 Å². The molecule has 1 heterocycles. The molecule has 1 atom stereocenters. The molecule has 0 saturated carbocycles. The molecule has 1 saturated heterocycles. The Morgan fingerprint density at radius 3 is 2.85 bits per heavy atom. The molecule has 1 aromatic carbocycles. The fourth-order valence-corrected chi connectivity index (χ4v) is 2.35. The van der Waals surface area contributed by atoms with Crippen LogP contribution in [0.1, 0.15) is 18.4 Å². The van der Waals surface area contributed by atoms with Crippen molar-refractivity contribution in [1.29, 1.82) is 0 Å². The van der Waals surface area contributed by atoms with Gasteiger partial charge in [0.2, 0.25) is 5.91 Å². The van der Waals surface area contributed by atoms with Crippen molar-refractivity contribution in [3.05, 3.63) is 35.9 Å². The van der Waals surface area contributed by atoms with Crippen molar-refractivity contribution in [3.8, 4) is 5.75 Å². The highest BCUT2D eigenvalue weighted by atomic mass is 16.5. The second-order valence-corrected chi connectivity index (χ2v) is 4.60. The number of rotatable bonds is 4. The van der Waals surface area contributed by atoms with Crippen LogP contribution in [0.25, 0.3) is 6.08 Å². The number of ether oxygens (including phenoxy) is 1. The zero-order chi connectivity index (χ0) is 14.5. The Hall–Kier alpha value is -2.30. The van der Waals surface area contributed by atoms with E-state index in [0.717, 1.165) is 12.0 Å². The van der Waals surface area contributed by atoms with Gasteiger partial charge < -0.3 is 14.7 Å². The first-order valence-electron chi connectivity index (χ1n) is 6.48. The molecule has 0 spiro atoms. The molecule has 5 heteroatoms. The van der Waals surface area contributed by atoms with E-state index in [4.69, 9.17) is 9.84 Å². The Morgan fingerprint density at radius 2 is 2.15 bits per heavy atom. The third-order valence-corrected chi connectivity index (χ3v) is 3.37. The molecule has 1 aromatic rings. The molecule has 1 fully saturated rings. The minimum Gasteiger partial charge on any atom is -0.496 e. The lowest BCUT2D eigenvalue weighted by Gasteiger charge is -2.19. The maximum absolute atomic E-state index is 12.1. The molecule has 1 aliphatic rings. The molecule has 1 N–H and O–H groups in total. The number of carboxylic acid groups (broad SMARTS) is 1. The van der Waals surface area contributed by atoms with E-state index < -0.39 is 12.0 Å². The van der Waals surface area contributed by atoms with E-state index in [-0.39, 0.29) is 5.91 Å². The first-order valence-corrected chi connectivity index (χ1v) is 6.48. The summed E-state index contributed by atoms with van der Waals surface area (Å²) < 4.78 is 5.19.